The lowest BCUT2D eigenvalue weighted by molar-refractivity contribution is -0.172. The second-order valence-electron chi connectivity index (χ2n) is 38.4. The lowest BCUT2D eigenvalue weighted by Crippen LogP contribution is -2.44. The van der Waals surface area contributed by atoms with E-state index in [9.17, 15) is 96.5 Å². The number of fused-ring (bicyclic) bond motifs is 10. The number of aryl methyl sites for hydroxylation is 2. The van der Waals surface area contributed by atoms with E-state index in [4.69, 9.17) is 19.4 Å². The molecule has 16 rings (SSSR count). The summed E-state index contributed by atoms with van der Waals surface area (Å²) < 4.78 is 44.4. The maximum Gasteiger partial charge on any atom is 0.343 e. The van der Waals surface area contributed by atoms with E-state index in [1.165, 1.54) is 29.2 Å². The summed E-state index contributed by atoms with van der Waals surface area (Å²) in [4.78, 5) is 243. The van der Waals surface area contributed by atoms with Crippen LogP contribution in [-0.2, 0) is 149 Å². The fraction of sp³-hybridized carbons (Fsp3) is 0.458. The standard InChI is InChI=1S/C54H62FN7O11.C53H58FN7O11/c1-4-54(72)37-25-42-50-35(28-62(42)52(70)36(37)29-73-53(54)71)49-39(16-15-34-31(3)38(55)26-41(60-50)48(34)49)56-20-21-57-45(66)19-17-43(64)40(24-32-11-7-5-8-12-32)59-46(67)18-14-33(63)27-58-44(65)13-9-6-10-22-61-47(68)23-30(2)51(61)69;1-3-53(71)36-25-41-50-34(28-61(41)51(69)35(36)29-72-52(53)70)49-38(15-14-33-30(2)37(54)26-40(59-50)48(33)49)55-21-22-56-44(65)18-16-42(63)39(24-31-10-6-4-7-11-31)58-45(66)17-13-32(62)27-57-43(64)12-8-5-9-23-60-46(67)19-20-47(60)68/h5,7-8,11-12,25-26,30,39-40,56,72H,4,6,9-10,13-24,27-29H2,1-3H3,(H,57,66)(H,58,65)(H,59,67);4,6-7,10-11,19-20,25-26,38-39,55,71H,3,5,8-9,12-18,21-24,27-29H2,1-2H3,(H,56,65)(H,57,64)(H,58,66)/t30?,39-,40-,54-;38-,39-,53-/m00/s1. The molecule has 8 aromatic rings. The van der Waals surface area contributed by atoms with Gasteiger partial charge >= 0.3 is 11.9 Å². The van der Waals surface area contributed by atoms with Crippen LogP contribution < -0.4 is 53.7 Å². The monoisotopic (exact) mass is 1990 g/mol. The summed E-state index contributed by atoms with van der Waals surface area (Å²) in [6.45, 7) is 9.36. The minimum absolute atomic E-state index is 0.0113. The number of ether oxygens (including phenoxy) is 2. The number of ketones is 4. The number of rotatable bonds is 46. The fourth-order valence-electron chi connectivity index (χ4n) is 20.6. The Morgan fingerprint density at radius 1 is 0.469 bits per heavy atom. The Bertz CT molecular complexity index is 6700. The van der Waals surface area contributed by atoms with Gasteiger partial charge in [-0.2, -0.15) is 0 Å². The summed E-state index contributed by atoms with van der Waals surface area (Å²) in [5, 5.41) is 47.8. The van der Waals surface area contributed by atoms with E-state index in [1.54, 1.807) is 68.0 Å². The lowest BCUT2D eigenvalue weighted by Gasteiger charge is -2.31. The van der Waals surface area contributed by atoms with Crippen LogP contribution in [0.25, 0.3) is 44.6 Å². The van der Waals surface area contributed by atoms with E-state index in [0.29, 0.717) is 129 Å². The van der Waals surface area contributed by atoms with Gasteiger partial charge in [-0.15, -0.1) is 0 Å². The van der Waals surface area contributed by atoms with Gasteiger partial charge in [-0.1, -0.05) is 94.3 Å². The number of aromatic nitrogens is 4. The number of amides is 10. The van der Waals surface area contributed by atoms with Crippen LogP contribution in [0, 0.1) is 31.4 Å². The largest absolute Gasteiger partial charge is 0.458 e. The van der Waals surface area contributed by atoms with Crippen LogP contribution in [0.1, 0.15) is 246 Å². The highest BCUT2D eigenvalue weighted by molar-refractivity contribution is 6.13. The molecule has 36 nitrogen and oxygen atoms in total. The number of cyclic esters (lactones) is 2. The number of unbranched alkanes of at least 4 members (excludes halogenated alkanes) is 4. The number of nitrogens with zero attached hydrogens (tertiary/aromatic N) is 6. The molecule has 4 aromatic heterocycles. The number of halogens is 2. The van der Waals surface area contributed by atoms with E-state index in [0.717, 1.165) is 60.2 Å². The number of carbonyl (C=O) groups is 16. The summed E-state index contributed by atoms with van der Waals surface area (Å²) in [7, 11) is 0. The number of hydrogen-bond acceptors (Lipinski definition) is 26. The summed E-state index contributed by atoms with van der Waals surface area (Å²) in [5.74, 6) is -7.74. The van der Waals surface area contributed by atoms with E-state index in [1.807, 2.05) is 48.5 Å². The zero-order chi connectivity index (χ0) is 103. The Balaban J connectivity index is 0.000000218. The Kier molecular flexibility index (Phi) is 33.5. The van der Waals surface area contributed by atoms with Gasteiger partial charge in [-0.05, 0) is 148 Å². The van der Waals surface area contributed by atoms with Crippen molar-refractivity contribution in [3.05, 3.63) is 207 Å². The smallest absolute Gasteiger partial charge is 0.343 e. The Morgan fingerprint density at radius 2 is 0.869 bits per heavy atom. The highest BCUT2D eigenvalue weighted by atomic mass is 19.1. The number of pyridine rings is 4. The van der Waals surface area contributed by atoms with E-state index in [2.05, 4.69) is 42.5 Å². The first kappa shape index (κ1) is 105. The molecule has 764 valence electrons. The second kappa shape index (κ2) is 46.2. The second-order valence-corrected chi connectivity index (χ2v) is 38.4. The summed E-state index contributed by atoms with van der Waals surface area (Å²) >= 11 is 0. The predicted octanol–water partition coefficient (Wildman–Crippen LogP) is 6.97. The highest BCUT2D eigenvalue weighted by Gasteiger charge is 2.49. The molecule has 4 aromatic carbocycles. The Labute approximate surface area is 833 Å². The van der Waals surface area contributed by atoms with Crippen molar-refractivity contribution in [2.45, 2.75) is 257 Å². The van der Waals surface area contributed by atoms with Crippen LogP contribution in [0.4, 0.5) is 8.78 Å². The summed E-state index contributed by atoms with van der Waals surface area (Å²) in [6.07, 6.45) is 7.58. The van der Waals surface area contributed by atoms with Crippen molar-refractivity contribution < 1.29 is 105 Å². The van der Waals surface area contributed by atoms with Gasteiger partial charge in [0, 0.05) is 185 Å². The molecule has 0 bridgehead atoms. The molecular weight excluding hydrogens is 1870 g/mol. The van der Waals surface area contributed by atoms with Crippen molar-refractivity contribution in [3.63, 3.8) is 0 Å². The van der Waals surface area contributed by atoms with Crippen molar-refractivity contribution >= 4 is 116 Å². The molecule has 1 saturated heterocycles. The SMILES string of the molecule is CC[C@@]1(O)C(=O)OCc2c1cc1n(c2=O)Cc2c-1nc1cc(F)c(C)c3c1c2[C@@H](NCCNC(=O)CCC(=O)[C@H](Cc1ccccc1)NC(=O)CCC(=O)CNC(=O)CCCCCN1C(=O)C=CC1=O)CC3.CC[C@@]1(O)C(=O)OCc2c1cc1n(c2=O)Cc2c-1nc1cc(F)c(C)c3c1c2[C@@H](NCCNC(=O)CCC(=O)[C@H](Cc1ccccc1)NC(=O)CCC(=O)CNC(=O)CCCCCN1C(=O)CC(C)C1=O)CC3. The highest BCUT2D eigenvalue weighted by Crippen LogP contribution is 2.49. The zero-order valence-corrected chi connectivity index (χ0v) is 81.8. The van der Waals surface area contributed by atoms with Gasteiger partial charge < -0.3 is 71.4 Å². The van der Waals surface area contributed by atoms with Gasteiger partial charge in [-0.3, -0.25) is 86.5 Å². The molecule has 1 unspecified atom stereocenters. The van der Waals surface area contributed by atoms with Gasteiger partial charge in [-0.25, -0.2) is 28.3 Å². The summed E-state index contributed by atoms with van der Waals surface area (Å²) in [6, 6.07) is 21.7. The van der Waals surface area contributed by atoms with Gasteiger partial charge in [0.05, 0.1) is 83.2 Å². The van der Waals surface area contributed by atoms with Gasteiger partial charge in [0.2, 0.25) is 47.3 Å². The number of Topliss-reactive ketones (excluding diaryl/α,β-unsaturated/α-hetero) is 4. The van der Waals surface area contributed by atoms with Crippen molar-refractivity contribution in [3.8, 4) is 22.8 Å². The van der Waals surface area contributed by atoms with Crippen LogP contribution in [-0.4, -0.2) is 198 Å². The number of aliphatic hydroxyl groups is 2. The van der Waals surface area contributed by atoms with Crippen molar-refractivity contribution in [1.29, 1.82) is 0 Å². The van der Waals surface area contributed by atoms with Crippen molar-refractivity contribution in [2.75, 3.05) is 52.4 Å². The number of hydrogen-bond donors (Lipinski definition) is 10. The Morgan fingerprint density at radius 3 is 1.27 bits per heavy atom. The molecule has 10 heterocycles. The lowest BCUT2D eigenvalue weighted by atomic mass is 9.81. The molecule has 2 aliphatic carbocycles. The Hall–Kier alpha value is -14.2. The maximum atomic E-state index is 15.4. The van der Waals surface area contributed by atoms with E-state index >= 15 is 8.78 Å². The van der Waals surface area contributed by atoms with E-state index in [-0.39, 0.29) is 266 Å². The number of benzene rings is 4. The van der Waals surface area contributed by atoms with Gasteiger partial charge in [0.25, 0.3) is 22.9 Å². The van der Waals surface area contributed by atoms with E-state index < -0.39 is 69.8 Å². The number of imide groups is 2. The molecular formula is C107H120F2N14O22. The third kappa shape index (κ3) is 23.4. The van der Waals surface area contributed by atoms with Crippen LogP contribution >= 0.6 is 0 Å². The number of carbonyl (C=O) groups excluding carboxylic acids is 16. The van der Waals surface area contributed by atoms with Gasteiger partial charge in [0.15, 0.2) is 34.3 Å². The third-order valence-corrected chi connectivity index (χ3v) is 28.8. The van der Waals surface area contributed by atoms with Crippen LogP contribution in [0.3, 0.4) is 0 Å². The summed E-state index contributed by atoms with van der Waals surface area (Å²) in [5.41, 5.74) is 6.03. The topological polar surface area (TPSA) is 505 Å². The number of nitrogens with one attached hydrogen (secondary N) is 8. The number of esters is 2. The zero-order valence-electron chi connectivity index (χ0n) is 81.8. The molecule has 145 heavy (non-hydrogen) atoms. The molecule has 1 fully saturated rings. The molecule has 38 heteroatoms. The molecule has 0 saturated carbocycles. The third-order valence-electron chi connectivity index (χ3n) is 28.8. The van der Waals surface area contributed by atoms with Crippen molar-refractivity contribution in [2.24, 2.45) is 5.92 Å². The van der Waals surface area contributed by atoms with Crippen LogP contribution in [0.5, 0.6) is 0 Å². The average molecular weight is 1990 g/mol. The fourth-order valence-corrected chi connectivity index (χ4v) is 20.6. The first-order valence-corrected chi connectivity index (χ1v) is 49.9. The van der Waals surface area contributed by atoms with Crippen LogP contribution in [0.15, 0.2) is 107 Å². The first-order valence-electron chi connectivity index (χ1n) is 49.9. The first-order chi connectivity index (χ1) is 69.5. The molecule has 10 amide bonds. The average Bonchev–Trinajstić information content (AvgIpc) is 1.55. The minimum Gasteiger partial charge on any atom is -0.458 e. The van der Waals surface area contributed by atoms with Crippen molar-refractivity contribution in [1.82, 2.24) is 71.4 Å². The van der Waals surface area contributed by atoms with Gasteiger partial charge in [0.1, 0.15) is 24.8 Å². The molecule has 10 N–H and O–H groups in total. The molecule has 7 atom stereocenters. The molecule has 0 radical (unpaired) electrons. The quantitative estimate of drug-likeness (QED) is 0.0105. The molecule has 8 aliphatic rings. The number of likely N-dealkylation sites (tertiary alicyclic amines) is 1. The normalized spacial score (nSPS) is 18.4. The molecule has 6 aliphatic heterocycles. The maximum absolute atomic E-state index is 15.4. The predicted molar refractivity (Wildman–Crippen MR) is 523 cm³/mol. The minimum atomic E-state index is -2.01. The van der Waals surface area contributed by atoms with Crippen LogP contribution in [0.2, 0.25) is 0 Å². The molecule has 0 spiro atoms.